The molecule has 1 aromatic rings. The van der Waals surface area contributed by atoms with Gasteiger partial charge in [-0.3, -0.25) is 4.79 Å². The van der Waals surface area contributed by atoms with Gasteiger partial charge < -0.3 is 43.7 Å². The van der Waals surface area contributed by atoms with Crippen molar-refractivity contribution in [3.8, 4) is 11.5 Å². The Bertz CT molecular complexity index is 1460. The number of likely N-dealkylation sites (tertiary alicyclic amines) is 1. The van der Waals surface area contributed by atoms with Gasteiger partial charge in [0.1, 0.15) is 17.0 Å². The van der Waals surface area contributed by atoms with Gasteiger partial charge in [-0.25, -0.2) is 14.4 Å². The number of ether oxygens (including phenoxy) is 6. The Morgan fingerprint density at radius 2 is 1.78 bits per heavy atom. The second kappa shape index (κ2) is 11.8. The van der Waals surface area contributed by atoms with Crippen molar-refractivity contribution >= 4 is 24.2 Å². The molecule has 0 aromatic heterocycles. The molecule has 0 saturated carbocycles. The van der Waals surface area contributed by atoms with E-state index in [0.717, 1.165) is 11.1 Å². The van der Waals surface area contributed by atoms with Crippen LogP contribution in [0.1, 0.15) is 78.9 Å². The number of nitrogens with zero attached hydrogens (tertiary/aromatic N) is 1. The van der Waals surface area contributed by atoms with Crippen LogP contribution in [-0.2, 0) is 40.4 Å². The highest BCUT2D eigenvalue weighted by atomic mass is 16.7. The fourth-order valence-corrected chi connectivity index (χ4v) is 6.95. The summed E-state index contributed by atoms with van der Waals surface area (Å²) in [5, 5.41) is 14.9. The highest BCUT2D eigenvalue weighted by Gasteiger charge is 2.72. The molecule has 5 atom stereocenters. The molecule has 1 fully saturated rings. The smallest absolute Gasteiger partial charge is 0.477 e. The van der Waals surface area contributed by atoms with Crippen molar-refractivity contribution in [1.82, 2.24) is 10.2 Å². The van der Waals surface area contributed by atoms with E-state index in [0.29, 0.717) is 25.1 Å². The Morgan fingerprint density at radius 3 is 2.46 bits per heavy atom. The minimum absolute atomic E-state index is 0.0401. The molecule has 1 spiro atoms. The van der Waals surface area contributed by atoms with Gasteiger partial charge in [0.15, 0.2) is 23.7 Å². The van der Waals surface area contributed by atoms with Crippen molar-refractivity contribution in [2.45, 2.75) is 115 Å². The molecule has 46 heavy (non-hydrogen) atoms. The number of benzene rings is 1. The fourth-order valence-electron chi connectivity index (χ4n) is 6.95. The van der Waals surface area contributed by atoms with Gasteiger partial charge in [-0.15, -0.1) is 0 Å². The molecule has 5 rings (SSSR count). The second-order valence-corrected chi connectivity index (χ2v) is 14.4. The standard InChI is InChI=1S/C33H44N2O11/c1-18(41-23(36)12-15-34-28(38)45-30(2,3)4)27(37)42-21-11-13-33(40)22-17-19-9-10-20(43-29(39)46-31(5,6)7)25-24(19)32(33,26(21)44-25)14-16-35(22)8/h9-11,18,22,26,40H,12-17H2,1-8H3,(H,34,38). The van der Waals surface area contributed by atoms with Crippen molar-refractivity contribution in [2.24, 2.45) is 0 Å². The van der Waals surface area contributed by atoms with Crippen LogP contribution in [0.5, 0.6) is 11.5 Å². The maximum absolute atomic E-state index is 13.2. The zero-order valence-corrected chi connectivity index (χ0v) is 27.7. The topological polar surface area (TPSA) is 159 Å². The second-order valence-electron chi connectivity index (χ2n) is 14.4. The average Bonchev–Trinajstić information content (AvgIpc) is 3.27. The van der Waals surface area contributed by atoms with E-state index in [1.807, 2.05) is 13.1 Å². The number of esters is 2. The Labute approximate surface area is 268 Å². The first-order valence-corrected chi connectivity index (χ1v) is 15.6. The van der Waals surface area contributed by atoms with Crippen LogP contribution < -0.4 is 14.8 Å². The van der Waals surface area contributed by atoms with Gasteiger partial charge in [0, 0.05) is 24.6 Å². The third kappa shape index (κ3) is 6.14. The van der Waals surface area contributed by atoms with Crippen LogP contribution in [0.3, 0.4) is 0 Å². The summed E-state index contributed by atoms with van der Waals surface area (Å²) < 4.78 is 33.7. The Morgan fingerprint density at radius 1 is 1.09 bits per heavy atom. The van der Waals surface area contributed by atoms with Crippen molar-refractivity contribution in [3.63, 3.8) is 0 Å². The van der Waals surface area contributed by atoms with E-state index in [4.69, 9.17) is 28.4 Å². The molecule has 2 N–H and O–H groups in total. The summed E-state index contributed by atoms with van der Waals surface area (Å²) in [5.41, 5.74) is -2.02. The van der Waals surface area contributed by atoms with Crippen molar-refractivity contribution in [2.75, 3.05) is 20.1 Å². The van der Waals surface area contributed by atoms with Crippen LogP contribution >= 0.6 is 0 Å². The SMILES string of the molecule is CC(OC(=O)CCNC(=O)OC(C)(C)C)C(=O)OC1=CCC2(O)C3Cc4ccc(OC(=O)OC(C)(C)C)c5c4C2(CCN3C)C1O5. The average molecular weight is 645 g/mol. The van der Waals surface area contributed by atoms with Crippen LogP contribution in [0.2, 0.25) is 0 Å². The molecule has 2 aliphatic heterocycles. The quantitative estimate of drug-likeness (QED) is 0.252. The largest absolute Gasteiger partial charge is 0.514 e. The lowest BCUT2D eigenvalue weighted by atomic mass is 9.50. The lowest BCUT2D eigenvalue weighted by molar-refractivity contribution is -0.175. The first-order valence-electron chi connectivity index (χ1n) is 15.6. The first-order chi connectivity index (χ1) is 21.3. The minimum atomic E-state index is -1.27. The number of rotatable bonds is 7. The number of carbonyl (C=O) groups excluding carboxylic acids is 4. The molecule has 1 saturated heterocycles. The Balaban J connectivity index is 1.34. The van der Waals surface area contributed by atoms with Crippen LogP contribution in [0.15, 0.2) is 24.0 Å². The lowest BCUT2D eigenvalue weighted by Crippen LogP contribution is -2.74. The van der Waals surface area contributed by atoms with Crippen LogP contribution in [0.4, 0.5) is 9.59 Å². The highest BCUT2D eigenvalue weighted by Crippen LogP contribution is 2.65. The molecule has 2 aliphatic carbocycles. The van der Waals surface area contributed by atoms with E-state index in [-0.39, 0.29) is 36.9 Å². The number of likely N-dealkylation sites (N-methyl/N-ethyl adjacent to an activating group) is 1. The highest BCUT2D eigenvalue weighted by molar-refractivity contribution is 5.80. The summed E-state index contributed by atoms with van der Waals surface area (Å²) in [5.74, 6) is -0.915. The van der Waals surface area contributed by atoms with Crippen molar-refractivity contribution in [3.05, 3.63) is 35.1 Å². The number of aliphatic hydroxyl groups is 1. The maximum Gasteiger partial charge on any atom is 0.514 e. The summed E-state index contributed by atoms with van der Waals surface area (Å²) in [7, 11) is 1.98. The zero-order chi connectivity index (χ0) is 33.8. The predicted octanol–water partition coefficient (Wildman–Crippen LogP) is 3.67. The van der Waals surface area contributed by atoms with Gasteiger partial charge in [0.2, 0.25) is 0 Å². The summed E-state index contributed by atoms with van der Waals surface area (Å²) >= 11 is 0. The number of alkyl carbamates (subject to hydrolysis) is 1. The number of amides is 1. The predicted molar refractivity (Wildman–Crippen MR) is 162 cm³/mol. The summed E-state index contributed by atoms with van der Waals surface area (Å²) in [6, 6.07) is 3.30. The zero-order valence-electron chi connectivity index (χ0n) is 27.7. The normalized spacial score (nSPS) is 26.8. The van der Waals surface area contributed by atoms with Crippen LogP contribution in [-0.4, -0.2) is 89.4 Å². The summed E-state index contributed by atoms with van der Waals surface area (Å²) in [6.07, 6.45) is -1.06. The minimum Gasteiger partial charge on any atom is -0.477 e. The summed E-state index contributed by atoms with van der Waals surface area (Å²) in [6.45, 7) is 12.4. The number of piperidine rings is 1. The van der Waals surface area contributed by atoms with Gasteiger partial charge in [-0.2, -0.15) is 0 Å². The fraction of sp³-hybridized carbons (Fsp3) is 0.636. The number of hydrogen-bond acceptors (Lipinski definition) is 12. The maximum atomic E-state index is 13.2. The van der Waals surface area contributed by atoms with E-state index in [9.17, 15) is 24.3 Å². The third-order valence-electron chi connectivity index (χ3n) is 8.78. The molecule has 1 aromatic carbocycles. The van der Waals surface area contributed by atoms with Gasteiger partial charge in [-0.05, 0) is 92.6 Å². The summed E-state index contributed by atoms with van der Waals surface area (Å²) in [4.78, 5) is 52.2. The molecule has 5 unspecified atom stereocenters. The molecule has 2 bridgehead atoms. The van der Waals surface area contributed by atoms with Crippen LogP contribution in [0.25, 0.3) is 0 Å². The number of carbonyl (C=O) groups is 4. The van der Waals surface area contributed by atoms with Gasteiger partial charge in [0.25, 0.3) is 0 Å². The van der Waals surface area contributed by atoms with E-state index in [2.05, 4.69) is 10.2 Å². The third-order valence-corrected chi connectivity index (χ3v) is 8.78. The Kier molecular flexibility index (Phi) is 8.56. The van der Waals surface area contributed by atoms with E-state index in [1.165, 1.54) is 6.92 Å². The van der Waals surface area contributed by atoms with E-state index in [1.54, 1.807) is 53.7 Å². The van der Waals surface area contributed by atoms with Crippen LogP contribution in [0, 0.1) is 0 Å². The van der Waals surface area contributed by atoms with E-state index >= 15 is 0 Å². The number of hydrogen-bond donors (Lipinski definition) is 2. The molecule has 13 nitrogen and oxygen atoms in total. The molecule has 13 heteroatoms. The molecule has 0 radical (unpaired) electrons. The lowest BCUT2D eigenvalue weighted by Gasteiger charge is -2.61. The number of nitrogens with one attached hydrogen (secondary N) is 1. The molecular formula is C33H44N2O11. The van der Waals surface area contributed by atoms with Crippen molar-refractivity contribution in [1.29, 1.82) is 0 Å². The van der Waals surface area contributed by atoms with Gasteiger partial charge >= 0.3 is 24.2 Å². The molecule has 4 aliphatic rings. The molecule has 1 amide bonds. The van der Waals surface area contributed by atoms with Crippen molar-refractivity contribution < 1.29 is 52.7 Å². The molecular weight excluding hydrogens is 600 g/mol. The first kappa shape index (κ1) is 33.5. The van der Waals surface area contributed by atoms with Gasteiger partial charge in [0.05, 0.1) is 17.4 Å². The molecule has 2 heterocycles. The monoisotopic (exact) mass is 644 g/mol. The van der Waals surface area contributed by atoms with Gasteiger partial charge in [-0.1, -0.05) is 6.07 Å². The molecule has 252 valence electrons. The van der Waals surface area contributed by atoms with E-state index < -0.39 is 58.6 Å². The Hall–Kier alpha value is -3.84.